The van der Waals surface area contributed by atoms with E-state index in [2.05, 4.69) is 27.1 Å². The van der Waals surface area contributed by atoms with Gasteiger partial charge in [0.25, 0.3) is 0 Å². The van der Waals surface area contributed by atoms with Crippen molar-refractivity contribution in [2.75, 3.05) is 19.6 Å². The van der Waals surface area contributed by atoms with E-state index in [-0.39, 0.29) is 17.4 Å². The number of nitrogens with zero attached hydrogens (tertiary/aromatic N) is 3. The first-order chi connectivity index (χ1) is 10.2. The summed E-state index contributed by atoms with van der Waals surface area (Å²) in [7, 11) is 0. The number of hydrogen-bond acceptors (Lipinski definition) is 4. The summed E-state index contributed by atoms with van der Waals surface area (Å²) in [5.74, 6) is 1.06. The van der Waals surface area contributed by atoms with Gasteiger partial charge in [-0.05, 0) is 51.3 Å². The van der Waals surface area contributed by atoms with Gasteiger partial charge < -0.3 is 10.2 Å². The SMILES string of the molecule is CCCN1CCCC(C(=O)NC2(c3ncccn3)CC2)C1. The van der Waals surface area contributed by atoms with Crippen molar-refractivity contribution < 1.29 is 4.79 Å². The Morgan fingerprint density at radius 1 is 1.43 bits per heavy atom. The van der Waals surface area contributed by atoms with Gasteiger partial charge in [-0.25, -0.2) is 9.97 Å². The van der Waals surface area contributed by atoms with E-state index in [1.807, 2.05) is 6.07 Å². The molecule has 1 saturated heterocycles. The number of carbonyl (C=O) groups is 1. The van der Waals surface area contributed by atoms with Gasteiger partial charge in [0.05, 0.1) is 11.5 Å². The molecule has 1 aromatic heterocycles. The fourth-order valence-corrected chi connectivity index (χ4v) is 3.20. The van der Waals surface area contributed by atoms with Crippen LogP contribution < -0.4 is 5.32 Å². The average Bonchev–Trinajstić information content (AvgIpc) is 3.30. The zero-order valence-corrected chi connectivity index (χ0v) is 12.7. The van der Waals surface area contributed by atoms with Gasteiger partial charge >= 0.3 is 0 Å². The summed E-state index contributed by atoms with van der Waals surface area (Å²) in [4.78, 5) is 23.6. The van der Waals surface area contributed by atoms with Crippen molar-refractivity contribution in [2.24, 2.45) is 5.92 Å². The topological polar surface area (TPSA) is 58.1 Å². The Kier molecular flexibility index (Phi) is 4.19. The summed E-state index contributed by atoms with van der Waals surface area (Å²) < 4.78 is 0. The lowest BCUT2D eigenvalue weighted by atomic mass is 9.96. The summed E-state index contributed by atoms with van der Waals surface area (Å²) in [6.07, 6.45) is 8.67. The van der Waals surface area contributed by atoms with Gasteiger partial charge in [0.2, 0.25) is 5.91 Å². The number of rotatable bonds is 5. The summed E-state index contributed by atoms with van der Waals surface area (Å²) in [5, 5.41) is 3.23. The van der Waals surface area contributed by atoms with Crippen LogP contribution in [0.1, 0.15) is 44.9 Å². The van der Waals surface area contributed by atoms with Crippen molar-refractivity contribution in [3.63, 3.8) is 0 Å². The van der Waals surface area contributed by atoms with Crippen molar-refractivity contribution in [3.8, 4) is 0 Å². The molecule has 1 unspecified atom stereocenters. The summed E-state index contributed by atoms with van der Waals surface area (Å²) in [6, 6.07) is 1.81. The number of carbonyl (C=O) groups excluding carboxylic acids is 1. The van der Waals surface area contributed by atoms with E-state index in [0.717, 1.165) is 57.6 Å². The van der Waals surface area contributed by atoms with E-state index >= 15 is 0 Å². The predicted molar refractivity (Wildman–Crippen MR) is 80.5 cm³/mol. The van der Waals surface area contributed by atoms with E-state index in [0.29, 0.717) is 0 Å². The molecule has 5 nitrogen and oxygen atoms in total. The number of hydrogen-bond donors (Lipinski definition) is 1. The molecule has 1 aliphatic carbocycles. The molecule has 1 saturated carbocycles. The molecule has 0 aromatic carbocycles. The minimum atomic E-state index is -0.286. The molecule has 2 heterocycles. The number of nitrogens with one attached hydrogen (secondary N) is 1. The number of likely N-dealkylation sites (tertiary alicyclic amines) is 1. The van der Waals surface area contributed by atoms with Crippen molar-refractivity contribution >= 4 is 5.91 Å². The number of aromatic nitrogens is 2. The highest BCUT2D eigenvalue weighted by molar-refractivity contribution is 5.80. The smallest absolute Gasteiger partial charge is 0.225 e. The molecular weight excluding hydrogens is 264 g/mol. The van der Waals surface area contributed by atoms with Gasteiger partial charge in [-0.2, -0.15) is 0 Å². The third kappa shape index (κ3) is 3.23. The largest absolute Gasteiger partial charge is 0.343 e. The summed E-state index contributed by atoms with van der Waals surface area (Å²) in [5.41, 5.74) is -0.286. The lowest BCUT2D eigenvalue weighted by Crippen LogP contribution is -2.46. The maximum atomic E-state index is 12.6. The van der Waals surface area contributed by atoms with Crippen LogP contribution in [0.5, 0.6) is 0 Å². The van der Waals surface area contributed by atoms with Gasteiger partial charge in [-0.15, -0.1) is 0 Å². The lowest BCUT2D eigenvalue weighted by molar-refractivity contribution is -0.127. The third-order valence-corrected chi connectivity index (χ3v) is 4.52. The van der Waals surface area contributed by atoms with Crippen LogP contribution in [0.4, 0.5) is 0 Å². The van der Waals surface area contributed by atoms with Crippen LogP contribution in [0, 0.1) is 5.92 Å². The van der Waals surface area contributed by atoms with Crippen LogP contribution in [-0.2, 0) is 10.3 Å². The summed E-state index contributed by atoms with van der Waals surface area (Å²) in [6.45, 7) is 5.31. The molecule has 2 aliphatic rings. The Morgan fingerprint density at radius 3 is 2.86 bits per heavy atom. The Bertz CT molecular complexity index is 484. The van der Waals surface area contributed by atoms with Crippen molar-refractivity contribution in [1.29, 1.82) is 0 Å². The van der Waals surface area contributed by atoms with Crippen LogP contribution >= 0.6 is 0 Å². The molecular formula is C16H24N4O. The second-order valence-electron chi connectivity index (χ2n) is 6.28. The quantitative estimate of drug-likeness (QED) is 0.896. The molecule has 0 radical (unpaired) electrons. The Balaban J connectivity index is 1.61. The first-order valence-electron chi connectivity index (χ1n) is 8.05. The summed E-state index contributed by atoms with van der Waals surface area (Å²) >= 11 is 0. The molecule has 1 aliphatic heterocycles. The normalized spacial score (nSPS) is 24.5. The first kappa shape index (κ1) is 14.4. The van der Waals surface area contributed by atoms with E-state index in [1.54, 1.807) is 12.4 Å². The maximum absolute atomic E-state index is 12.6. The fraction of sp³-hybridized carbons (Fsp3) is 0.688. The zero-order chi connectivity index (χ0) is 14.7. The molecule has 0 bridgehead atoms. The minimum Gasteiger partial charge on any atom is -0.343 e. The third-order valence-electron chi connectivity index (χ3n) is 4.52. The van der Waals surface area contributed by atoms with Crippen LogP contribution in [-0.4, -0.2) is 40.4 Å². The zero-order valence-electron chi connectivity index (χ0n) is 12.7. The van der Waals surface area contributed by atoms with E-state index in [4.69, 9.17) is 0 Å². The number of piperidine rings is 1. The van der Waals surface area contributed by atoms with Crippen LogP contribution in [0.2, 0.25) is 0 Å². The molecule has 21 heavy (non-hydrogen) atoms. The minimum absolute atomic E-state index is 0.117. The van der Waals surface area contributed by atoms with Crippen molar-refractivity contribution in [3.05, 3.63) is 24.3 Å². The number of amides is 1. The van der Waals surface area contributed by atoms with Crippen LogP contribution in [0.15, 0.2) is 18.5 Å². The van der Waals surface area contributed by atoms with E-state index < -0.39 is 0 Å². The molecule has 0 spiro atoms. The molecule has 2 fully saturated rings. The molecule has 1 aromatic rings. The molecule has 1 atom stereocenters. The molecule has 114 valence electrons. The van der Waals surface area contributed by atoms with Crippen molar-refractivity contribution in [2.45, 2.75) is 44.6 Å². The van der Waals surface area contributed by atoms with Gasteiger partial charge in [0, 0.05) is 18.9 Å². The van der Waals surface area contributed by atoms with Gasteiger partial charge in [0.15, 0.2) is 5.82 Å². The van der Waals surface area contributed by atoms with Crippen molar-refractivity contribution in [1.82, 2.24) is 20.2 Å². The molecule has 1 N–H and O–H groups in total. The maximum Gasteiger partial charge on any atom is 0.225 e. The monoisotopic (exact) mass is 288 g/mol. The average molecular weight is 288 g/mol. The highest BCUT2D eigenvalue weighted by atomic mass is 16.2. The van der Waals surface area contributed by atoms with Gasteiger partial charge in [-0.3, -0.25) is 4.79 Å². The molecule has 1 amide bonds. The molecule has 5 heteroatoms. The van der Waals surface area contributed by atoms with E-state index in [9.17, 15) is 4.79 Å². The lowest BCUT2D eigenvalue weighted by Gasteiger charge is -2.32. The van der Waals surface area contributed by atoms with E-state index in [1.165, 1.54) is 0 Å². The van der Waals surface area contributed by atoms with Crippen LogP contribution in [0.3, 0.4) is 0 Å². The van der Waals surface area contributed by atoms with Gasteiger partial charge in [-0.1, -0.05) is 6.92 Å². The second kappa shape index (κ2) is 6.10. The predicted octanol–water partition coefficient (Wildman–Crippen LogP) is 1.70. The van der Waals surface area contributed by atoms with Crippen LogP contribution in [0.25, 0.3) is 0 Å². The Labute approximate surface area is 126 Å². The Morgan fingerprint density at radius 2 is 2.19 bits per heavy atom. The Hall–Kier alpha value is -1.49. The first-order valence-corrected chi connectivity index (χ1v) is 8.05. The fourth-order valence-electron chi connectivity index (χ4n) is 3.20. The van der Waals surface area contributed by atoms with Gasteiger partial charge in [0.1, 0.15) is 0 Å². The second-order valence-corrected chi connectivity index (χ2v) is 6.28. The highest BCUT2D eigenvalue weighted by Crippen LogP contribution is 2.43. The standard InChI is InChI=1S/C16H24N4O/c1-2-10-20-11-3-5-13(12-20)14(21)19-16(6-7-16)15-17-8-4-9-18-15/h4,8-9,13H,2-3,5-7,10-12H2,1H3,(H,19,21). The molecule has 3 rings (SSSR count). The highest BCUT2D eigenvalue weighted by Gasteiger charge is 2.49.